The number of aliphatic hydroxyl groups excluding tert-OH is 1. The third kappa shape index (κ3) is 3.51. The molecule has 3 atom stereocenters. The normalized spacial score (nSPS) is 20.1. The molecule has 0 spiro atoms. The van der Waals surface area contributed by atoms with Gasteiger partial charge in [0.25, 0.3) is 5.56 Å². The first-order chi connectivity index (χ1) is 13.1. The van der Waals surface area contributed by atoms with E-state index in [9.17, 15) is 9.90 Å². The third-order valence-corrected chi connectivity index (χ3v) is 5.05. The van der Waals surface area contributed by atoms with E-state index in [0.29, 0.717) is 30.3 Å². The van der Waals surface area contributed by atoms with Crippen molar-refractivity contribution < 1.29 is 5.11 Å². The monoisotopic (exact) mass is 363 g/mol. The van der Waals surface area contributed by atoms with Gasteiger partial charge in [0.2, 0.25) is 0 Å². The number of aromatic nitrogens is 4. The van der Waals surface area contributed by atoms with E-state index < -0.39 is 6.10 Å². The number of aliphatic hydroxyl groups is 1. The molecule has 2 unspecified atom stereocenters. The Morgan fingerprint density at radius 2 is 2.07 bits per heavy atom. The second-order valence-corrected chi connectivity index (χ2v) is 6.78. The summed E-state index contributed by atoms with van der Waals surface area (Å²) in [6.45, 7) is 2.46. The Morgan fingerprint density at radius 1 is 1.26 bits per heavy atom. The van der Waals surface area contributed by atoms with Crippen LogP contribution in [-0.2, 0) is 6.67 Å². The fraction of sp³-hybridized carbons (Fsp3) is 0.300. The molecule has 7 heteroatoms. The highest BCUT2D eigenvalue weighted by Gasteiger charge is 2.31. The van der Waals surface area contributed by atoms with E-state index in [1.165, 1.54) is 12.4 Å². The van der Waals surface area contributed by atoms with Crippen LogP contribution < -0.4 is 10.9 Å². The van der Waals surface area contributed by atoms with E-state index in [0.717, 1.165) is 5.56 Å². The van der Waals surface area contributed by atoms with Crippen LogP contribution in [0.5, 0.6) is 0 Å². The molecule has 4 rings (SSSR count). The summed E-state index contributed by atoms with van der Waals surface area (Å²) in [5, 5.41) is 14.0. The molecule has 0 radical (unpaired) electrons. The molecule has 0 bridgehead atoms. The van der Waals surface area contributed by atoms with Gasteiger partial charge in [-0.2, -0.15) is 0 Å². The second kappa shape index (κ2) is 7.38. The van der Waals surface area contributed by atoms with Crippen molar-refractivity contribution in [3.63, 3.8) is 0 Å². The molecule has 3 aromatic rings. The van der Waals surface area contributed by atoms with Crippen LogP contribution >= 0.6 is 0 Å². The summed E-state index contributed by atoms with van der Waals surface area (Å²) in [4.78, 5) is 25.5. The van der Waals surface area contributed by atoms with Gasteiger partial charge in [0.15, 0.2) is 0 Å². The Labute approximate surface area is 156 Å². The number of hydrogen-bond acceptors (Lipinski definition) is 6. The van der Waals surface area contributed by atoms with E-state index in [1.54, 1.807) is 16.8 Å². The van der Waals surface area contributed by atoms with Crippen LogP contribution in [0.15, 0.2) is 59.8 Å². The number of benzene rings is 1. The molecule has 3 heterocycles. The summed E-state index contributed by atoms with van der Waals surface area (Å²) in [5.74, 6) is 0.570. The maximum atomic E-state index is 12.6. The second-order valence-electron chi connectivity index (χ2n) is 6.78. The molecule has 7 nitrogen and oxygen atoms in total. The first-order valence-corrected chi connectivity index (χ1v) is 8.98. The minimum atomic E-state index is -0.633. The van der Waals surface area contributed by atoms with Crippen LogP contribution in [0.3, 0.4) is 0 Å². The third-order valence-electron chi connectivity index (χ3n) is 5.05. The number of rotatable bonds is 4. The van der Waals surface area contributed by atoms with Gasteiger partial charge < -0.3 is 5.11 Å². The topological polar surface area (TPSA) is 92.9 Å². The van der Waals surface area contributed by atoms with Crippen molar-refractivity contribution in [1.29, 1.82) is 0 Å². The van der Waals surface area contributed by atoms with E-state index in [-0.39, 0.29) is 17.5 Å². The highest BCUT2D eigenvalue weighted by molar-refractivity contribution is 5.52. The average molecular weight is 363 g/mol. The van der Waals surface area contributed by atoms with Crippen molar-refractivity contribution in [3.8, 4) is 11.4 Å². The fourth-order valence-electron chi connectivity index (χ4n) is 3.50. The maximum absolute atomic E-state index is 12.6. The highest BCUT2D eigenvalue weighted by Crippen LogP contribution is 2.32. The molecule has 138 valence electrons. The van der Waals surface area contributed by atoms with Crippen LogP contribution in [0.1, 0.15) is 36.8 Å². The smallest absolute Gasteiger partial charge is 0.255 e. The highest BCUT2D eigenvalue weighted by atomic mass is 16.3. The first-order valence-electron chi connectivity index (χ1n) is 8.98. The molecule has 27 heavy (non-hydrogen) atoms. The molecule has 0 saturated carbocycles. The molecule has 0 saturated heterocycles. The van der Waals surface area contributed by atoms with Gasteiger partial charge in [-0.3, -0.25) is 14.7 Å². The zero-order chi connectivity index (χ0) is 18.8. The SMILES string of the molecule is CC1NCn2c(nc(-c3ccncn3)cc2=O)C1C[C@H](O)c1ccccc1. The standard InChI is InChI=1S/C20H21N5O2/c1-13-15(9-18(26)14-5-3-2-4-6-14)20-24-17(16-7-8-21-11-22-16)10-19(27)25(20)12-23-13/h2-8,10-11,13,15,18,23,26H,9,12H2,1H3/t13?,15?,18-/m0/s1. The minimum absolute atomic E-state index is 0.0795. The fourth-order valence-corrected chi connectivity index (χ4v) is 3.50. The molecule has 1 aliphatic rings. The predicted octanol–water partition coefficient (Wildman–Crippen LogP) is 1.86. The number of nitrogens with one attached hydrogen (secondary N) is 1. The zero-order valence-corrected chi connectivity index (χ0v) is 15.0. The van der Waals surface area contributed by atoms with E-state index in [4.69, 9.17) is 4.98 Å². The summed E-state index contributed by atoms with van der Waals surface area (Å²) in [5.41, 5.74) is 1.87. The summed E-state index contributed by atoms with van der Waals surface area (Å²) in [7, 11) is 0. The Kier molecular flexibility index (Phi) is 4.79. The van der Waals surface area contributed by atoms with Gasteiger partial charge in [-0.15, -0.1) is 0 Å². The van der Waals surface area contributed by atoms with Crippen molar-refractivity contribution in [2.45, 2.75) is 38.1 Å². The quantitative estimate of drug-likeness (QED) is 0.735. The van der Waals surface area contributed by atoms with E-state index in [1.807, 2.05) is 30.3 Å². The minimum Gasteiger partial charge on any atom is -0.388 e. The van der Waals surface area contributed by atoms with Gasteiger partial charge >= 0.3 is 0 Å². The number of nitrogens with zero attached hydrogens (tertiary/aromatic N) is 4. The lowest BCUT2D eigenvalue weighted by atomic mass is 9.89. The van der Waals surface area contributed by atoms with Crippen molar-refractivity contribution >= 4 is 0 Å². The van der Waals surface area contributed by atoms with Crippen molar-refractivity contribution in [2.75, 3.05) is 0 Å². The zero-order valence-electron chi connectivity index (χ0n) is 15.0. The number of fused-ring (bicyclic) bond motifs is 1. The lowest BCUT2D eigenvalue weighted by molar-refractivity contribution is 0.141. The van der Waals surface area contributed by atoms with Crippen molar-refractivity contribution in [3.05, 3.63) is 76.7 Å². The molecule has 0 amide bonds. The molecular weight excluding hydrogens is 342 g/mol. The van der Waals surface area contributed by atoms with Gasteiger partial charge in [-0.1, -0.05) is 30.3 Å². The predicted molar refractivity (Wildman–Crippen MR) is 101 cm³/mol. The van der Waals surface area contributed by atoms with Gasteiger partial charge in [0.05, 0.1) is 24.2 Å². The van der Waals surface area contributed by atoms with Gasteiger partial charge in [-0.25, -0.2) is 15.0 Å². The lowest BCUT2D eigenvalue weighted by Gasteiger charge is -2.33. The van der Waals surface area contributed by atoms with Crippen molar-refractivity contribution in [1.82, 2.24) is 24.8 Å². The summed E-state index contributed by atoms with van der Waals surface area (Å²) >= 11 is 0. The Hall–Kier alpha value is -2.90. The van der Waals surface area contributed by atoms with Crippen LogP contribution in [-0.4, -0.2) is 30.7 Å². The van der Waals surface area contributed by atoms with Gasteiger partial charge in [0.1, 0.15) is 12.2 Å². The molecule has 0 fully saturated rings. The van der Waals surface area contributed by atoms with Crippen LogP contribution in [0.25, 0.3) is 11.4 Å². The Balaban J connectivity index is 1.72. The van der Waals surface area contributed by atoms with Crippen LogP contribution in [0, 0.1) is 0 Å². The average Bonchev–Trinajstić information content (AvgIpc) is 2.71. The Morgan fingerprint density at radius 3 is 2.81 bits per heavy atom. The number of hydrogen-bond donors (Lipinski definition) is 2. The van der Waals surface area contributed by atoms with Crippen molar-refractivity contribution in [2.24, 2.45) is 0 Å². The van der Waals surface area contributed by atoms with E-state index in [2.05, 4.69) is 22.2 Å². The Bertz CT molecular complexity index is 975. The molecule has 2 aromatic heterocycles. The molecular formula is C20H21N5O2. The lowest BCUT2D eigenvalue weighted by Crippen LogP contribution is -2.46. The molecule has 1 aliphatic heterocycles. The van der Waals surface area contributed by atoms with E-state index >= 15 is 0 Å². The summed E-state index contributed by atoms with van der Waals surface area (Å²) < 4.78 is 1.63. The maximum Gasteiger partial charge on any atom is 0.255 e. The first kappa shape index (κ1) is 17.5. The molecule has 0 aliphatic carbocycles. The summed E-state index contributed by atoms with van der Waals surface area (Å²) in [6, 6.07) is 12.9. The van der Waals surface area contributed by atoms with Gasteiger partial charge in [-0.05, 0) is 25.0 Å². The van der Waals surface area contributed by atoms with Gasteiger partial charge in [0, 0.05) is 24.2 Å². The molecule has 1 aromatic carbocycles. The summed E-state index contributed by atoms with van der Waals surface area (Å²) in [6.07, 6.45) is 2.90. The molecule has 2 N–H and O–H groups in total. The van der Waals surface area contributed by atoms with Crippen LogP contribution in [0.4, 0.5) is 0 Å². The van der Waals surface area contributed by atoms with Crippen LogP contribution in [0.2, 0.25) is 0 Å². The largest absolute Gasteiger partial charge is 0.388 e.